The van der Waals surface area contributed by atoms with Crippen LogP contribution in [0.25, 0.3) is 0 Å². The molecule has 0 aliphatic heterocycles. The largest absolute Gasteiger partial charge is 0.335 e. The lowest BCUT2D eigenvalue weighted by atomic mass is 9.93. The maximum Gasteiger partial charge on any atom is 0.317 e. The third kappa shape index (κ3) is 4.15. The van der Waals surface area contributed by atoms with Gasteiger partial charge in [-0.15, -0.1) is 0 Å². The first-order valence-corrected chi connectivity index (χ1v) is 4.84. The monoisotopic (exact) mass is 186 g/mol. The maximum absolute atomic E-state index is 11.4. The van der Waals surface area contributed by atoms with Crippen LogP contribution in [0.1, 0.15) is 27.7 Å². The molecule has 3 nitrogen and oxygen atoms in total. The van der Waals surface area contributed by atoms with Gasteiger partial charge in [0.05, 0.1) is 0 Å². The Hall–Kier alpha value is -0.730. The Kier molecular flexibility index (Phi) is 4.81. The molecule has 0 aliphatic rings. The number of carbonyl (C=O) groups is 1. The quantitative estimate of drug-likeness (QED) is 0.717. The lowest BCUT2D eigenvalue weighted by Gasteiger charge is -2.27. The molecule has 0 aliphatic carbocycles. The summed E-state index contributed by atoms with van der Waals surface area (Å²) in [5.41, 5.74) is 0. The lowest BCUT2D eigenvalue weighted by molar-refractivity contribution is 0.202. The predicted molar refractivity (Wildman–Crippen MR) is 55.7 cm³/mol. The van der Waals surface area contributed by atoms with Crippen molar-refractivity contribution in [2.75, 3.05) is 14.1 Å². The minimum atomic E-state index is -0.00704. The third-order valence-corrected chi connectivity index (χ3v) is 2.13. The minimum absolute atomic E-state index is 0.00704. The van der Waals surface area contributed by atoms with E-state index in [0.29, 0.717) is 11.8 Å². The Labute approximate surface area is 81.5 Å². The van der Waals surface area contributed by atoms with Gasteiger partial charge in [0.1, 0.15) is 0 Å². The second-order valence-corrected chi connectivity index (χ2v) is 4.36. The van der Waals surface area contributed by atoms with E-state index in [-0.39, 0.29) is 12.1 Å². The zero-order valence-electron chi connectivity index (χ0n) is 9.59. The number of carbonyl (C=O) groups excluding carboxylic acids is 1. The highest BCUT2D eigenvalue weighted by atomic mass is 16.2. The number of hydrogen-bond donors (Lipinski definition) is 1. The summed E-state index contributed by atoms with van der Waals surface area (Å²) >= 11 is 0. The molecule has 0 radical (unpaired) electrons. The molecule has 0 saturated carbocycles. The predicted octanol–water partition coefficient (Wildman–Crippen LogP) is 1.94. The van der Waals surface area contributed by atoms with Crippen molar-refractivity contribution < 1.29 is 4.79 Å². The summed E-state index contributed by atoms with van der Waals surface area (Å²) in [6, 6.07) is 0.252. The smallest absolute Gasteiger partial charge is 0.317 e. The van der Waals surface area contributed by atoms with Gasteiger partial charge in [0.15, 0.2) is 0 Å². The van der Waals surface area contributed by atoms with Gasteiger partial charge in [-0.25, -0.2) is 4.79 Å². The summed E-state index contributed by atoms with van der Waals surface area (Å²) in [5.74, 6) is 0.952. The topological polar surface area (TPSA) is 32.3 Å². The van der Waals surface area contributed by atoms with Crippen LogP contribution in [0.5, 0.6) is 0 Å². The molecule has 0 spiro atoms. The number of hydrogen-bond acceptors (Lipinski definition) is 1. The highest BCUT2D eigenvalue weighted by molar-refractivity contribution is 5.73. The molecular weight excluding hydrogens is 164 g/mol. The minimum Gasteiger partial charge on any atom is -0.335 e. The summed E-state index contributed by atoms with van der Waals surface area (Å²) in [7, 11) is 3.51. The normalized spacial score (nSPS) is 11.2. The van der Waals surface area contributed by atoms with Gasteiger partial charge in [-0.1, -0.05) is 27.7 Å². The first-order chi connectivity index (χ1) is 5.86. The molecular formula is C10H22N2O. The molecule has 0 aromatic heterocycles. The van der Waals surface area contributed by atoms with E-state index < -0.39 is 0 Å². The molecule has 0 bridgehead atoms. The molecule has 1 N–H and O–H groups in total. The molecule has 3 heteroatoms. The van der Waals surface area contributed by atoms with Crippen molar-refractivity contribution in [3.05, 3.63) is 0 Å². The van der Waals surface area contributed by atoms with Crippen LogP contribution in [0, 0.1) is 11.8 Å². The van der Waals surface area contributed by atoms with Crippen LogP contribution < -0.4 is 5.32 Å². The SMILES string of the molecule is CC(C)C(NC(=O)N(C)C)C(C)C. The number of urea groups is 1. The molecule has 0 aromatic rings. The van der Waals surface area contributed by atoms with E-state index in [9.17, 15) is 4.79 Å². The molecule has 2 amide bonds. The zero-order valence-corrected chi connectivity index (χ0v) is 9.59. The van der Waals surface area contributed by atoms with Gasteiger partial charge in [-0.05, 0) is 11.8 Å². The van der Waals surface area contributed by atoms with Gasteiger partial charge in [-0.2, -0.15) is 0 Å². The van der Waals surface area contributed by atoms with Gasteiger partial charge in [-0.3, -0.25) is 0 Å². The van der Waals surface area contributed by atoms with Crippen molar-refractivity contribution in [3.8, 4) is 0 Å². The fourth-order valence-electron chi connectivity index (χ4n) is 1.37. The molecule has 0 saturated heterocycles. The van der Waals surface area contributed by atoms with Crippen LogP contribution in [-0.4, -0.2) is 31.1 Å². The van der Waals surface area contributed by atoms with E-state index in [2.05, 4.69) is 33.0 Å². The molecule has 0 unspecified atom stereocenters. The molecule has 13 heavy (non-hydrogen) atoms. The average molecular weight is 186 g/mol. The van der Waals surface area contributed by atoms with Crippen LogP contribution >= 0.6 is 0 Å². The first-order valence-electron chi connectivity index (χ1n) is 4.84. The Balaban J connectivity index is 4.19. The Morgan fingerprint density at radius 2 is 1.46 bits per heavy atom. The van der Waals surface area contributed by atoms with Crippen LogP contribution in [0.3, 0.4) is 0 Å². The van der Waals surface area contributed by atoms with Crippen molar-refractivity contribution in [1.82, 2.24) is 10.2 Å². The standard InChI is InChI=1S/C10H22N2O/c1-7(2)9(8(3)4)11-10(13)12(5)6/h7-9H,1-6H3,(H,11,13). The molecule has 0 aromatic carbocycles. The van der Waals surface area contributed by atoms with E-state index in [4.69, 9.17) is 0 Å². The van der Waals surface area contributed by atoms with Crippen LogP contribution in [0.15, 0.2) is 0 Å². The van der Waals surface area contributed by atoms with Crippen molar-refractivity contribution in [2.45, 2.75) is 33.7 Å². The number of nitrogens with zero attached hydrogens (tertiary/aromatic N) is 1. The summed E-state index contributed by atoms with van der Waals surface area (Å²) in [5, 5.41) is 3.00. The molecule has 0 fully saturated rings. The summed E-state index contributed by atoms with van der Waals surface area (Å²) in [6.45, 7) is 8.50. The molecule has 0 atom stereocenters. The van der Waals surface area contributed by atoms with Crippen molar-refractivity contribution in [3.63, 3.8) is 0 Å². The second-order valence-electron chi connectivity index (χ2n) is 4.36. The summed E-state index contributed by atoms with van der Waals surface area (Å²) < 4.78 is 0. The highest BCUT2D eigenvalue weighted by Crippen LogP contribution is 2.11. The van der Waals surface area contributed by atoms with Crippen molar-refractivity contribution in [1.29, 1.82) is 0 Å². The number of nitrogens with one attached hydrogen (secondary N) is 1. The Morgan fingerprint density at radius 3 is 1.69 bits per heavy atom. The van der Waals surface area contributed by atoms with E-state index in [1.807, 2.05) is 0 Å². The van der Waals surface area contributed by atoms with Crippen molar-refractivity contribution >= 4 is 6.03 Å². The van der Waals surface area contributed by atoms with Crippen LogP contribution in [0.4, 0.5) is 4.79 Å². The maximum atomic E-state index is 11.4. The third-order valence-electron chi connectivity index (χ3n) is 2.13. The first kappa shape index (κ1) is 12.3. The Morgan fingerprint density at radius 1 is 1.08 bits per heavy atom. The van der Waals surface area contributed by atoms with E-state index in [1.54, 1.807) is 19.0 Å². The highest BCUT2D eigenvalue weighted by Gasteiger charge is 2.19. The van der Waals surface area contributed by atoms with Crippen molar-refractivity contribution in [2.24, 2.45) is 11.8 Å². The van der Waals surface area contributed by atoms with Gasteiger partial charge in [0.2, 0.25) is 0 Å². The molecule has 78 valence electrons. The van der Waals surface area contributed by atoms with Crippen LogP contribution in [0.2, 0.25) is 0 Å². The Bertz CT molecular complexity index is 156. The number of rotatable bonds is 3. The van der Waals surface area contributed by atoms with E-state index in [1.165, 1.54) is 0 Å². The van der Waals surface area contributed by atoms with E-state index >= 15 is 0 Å². The summed E-state index contributed by atoms with van der Waals surface area (Å²) in [4.78, 5) is 12.9. The lowest BCUT2D eigenvalue weighted by Crippen LogP contribution is -2.46. The molecule has 0 heterocycles. The fourth-order valence-corrected chi connectivity index (χ4v) is 1.37. The van der Waals surface area contributed by atoms with Crippen LogP contribution in [-0.2, 0) is 0 Å². The van der Waals surface area contributed by atoms with E-state index in [0.717, 1.165) is 0 Å². The summed E-state index contributed by atoms with van der Waals surface area (Å²) in [6.07, 6.45) is 0. The van der Waals surface area contributed by atoms with Gasteiger partial charge in [0, 0.05) is 20.1 Å². The second kappa shape index (κ2) is 5.10. The van der Waals surface area contributed by atoms with Gasteiger partial charge >= 0.3 is 6.03 Å². The fraction of sp³-hybridized carbons (Fsp3) is 0.900. The average Bonchev–Trinajstić information content (AvgIpc) is 1.97. The zero-order chi connectivity index (χ0) is 10.6. The number of amides is 2. The van der Waals surface area contributed by atoms with Gasteiger partial charge in [0.25, 0.3) is 0 Å². The van der Waals surface area contributed by atoms with Gasteiger partial charge < -0.3 is 10.2 Å². The molecule has 0 rings (SSSR count).